The lowest BCUT2D eigenvalue weighted by atomic mass is 10.1. The lowest BCUT2D eigenvalue weighted by Gasteiger charge is -2.11. The van der Waals surface area contributed by atoms with Gasteiger partial charge in [0.05, 0.1) is 6.54 Å². The Kier molecular flexibility index (Phi) is 3.88. The molecule has 2 rings (SSSR count). The van der Waals surface area contributed by atoms with E-state index in [1.54, 1.807) is 0 Å². The summed E-state index contributed by atoms with van der Waals surface area (Å²) in [6.07, 6.45) is 0.994. The van der Waals surface area contributed by atoms with Crippen molar-refractivity contribution in [2.45, 2.75) is 32.9 Å². The molecule has 0 radical (unpaired) electrons. The average molecular weight is 231 g/mol. The second-order valence-electron chi connectivity index (χ2n) is 4.21. The Labute approximate surface area is 101 Å². The molecular weight excluding hydrogens is 214 g/mol. The van der Waals surface area contributed by atoms with Gasteiger partial charge >= 0.3 is 0 Å². The molecule has 1 aromatic carbocycles. The van der Waals surface area contributed by atoms with E-state index < -0.39 is 0 Å². The van der Waals surface area contributed by atoms with Gasteiger partial charge in [0.1, 0.15) is 0 Å². The Morgan fingerprint density at radius 3 is 2.71 bits per heavy atom. The summed E-state index contributed by atoms with van der Waals surface area (Å²) in [6.45, 7) is 4.59. The Morgan fingerprint density at radius 1 is 1.29 bits per heavy atom. The van der Waals surface area contributed by atoms with Crippen LogP contribution in [0.3, 0.4) is 0 Å². The molecule has 0 aliphatic carbocycles. The van der Waals surface area contributed by atoms with Gasteiger partial charge in [-0.1, -0.05) is 35.5 Å². The summed E-state index contributed by atoms with van der Waals surface area (Å²) in [5.74, 6) is 1.32. The number of hydrogen-bond donors (Lipinski definition) is 1. The number of aromatic nitrogens is 2. The van der Waals surface area contributed by atoms with E-state index in [0.717, 1.165) is 6.42 Å². The van der Waals surface area contributed by atoms with E-state index in [9.17, 15) is 0 Å². The van der Waals surface area contributed by atoms with Gasteiger partial charge in [-0.25, -0.2) is 0 Å². The van der Waals surface area contributed by atoms with Gasteiger partial charge in [-0.3, -0.25) is 0 Å². The smallest absolute Gasteiger partial charge is 0.240 e. The molecule has 0 amide bonds. The minimum absolute atomic E-state index is 0.379. The first-order valence-electron chi connectivity index (χ1n) is 5.80. The van der Waals surface area contributed by atoms with Crippen molar-refractivity contribution in [3.63, 3.8) is 0 Å². The van der Waals surface area contributed by atoms with E-state index in [4.69, 9.17) is 4.52 Å². The van der Waals surface area contributed by atoms with Gasteiger partial charge in [-0.15, -0.1) is 0 Å². The number of aryl methyl sites for hydroxylation is 1. The third-order valence-corrected chi connectivity index (χ3v) is 2.56. The molecule has 0 aliphatic heterocycles. The molecule has 0 fully saturated rings. The standard InChI is InChI=1S/C13H17N3O/c1-10(8-12-6-4-3-5-7-12)14-9-13-15-11(2)16-17-13/h3-7,10,14H,8-9H2,1-2H3. The molecule has 1 unspecified atom stereocenters. The van der Waals surface area contributed by atoms with E-state index >= 15 is 0 Å². The van der Waals surface area contributed by atoms with E-state index in [-0.39, 0.29) is 0 Å². The van der Waals surface area contributed by atoms with Gasteiger partial charge in [0.2, 0.25) is 5.89 Å². The van der Waals surface area contributed by atoms with Crippen LogP contribution in [-0.4, -0.2) is 16.2 Å². The monoisotopic (exact) mass is 231 g/mol. The third kappa shape index (κ3) is 3.67. The molecule has 0 bridgehead atoms. The minimum atomic E-state index is 0.379. The van der Waals surface area contributed by atoms with Crippen molar-refractivity contribution in [3.05, 3.63) is 47.6 Å². The van der Waals surface area contributed by atoms with Crippen molar-refractivity contribution < 1.29 is 4.52 Å². The molecule has 1 aromatic heterocycles. The van der Waals surface area contributed by atoms with Crippen LogP contribution in [0.4, 0.5) is 0 Å². The molecule has 0 saturated carbocycles. The van der Waals surface area contributed by atoms with Crippen LogP contribution in [-0.2, 0) is 13.0 Å². The Bertz CT molecular complexity index is 453. The molecule has 0 spiro atoms. The molecule has 90 valence electrons. The average Bonchev–Trinajstić information content (AvgIpc) is 2.74. The highest BCUT2D eigenvalue weighted by atomic mass is 16.5. The lowest BCUT2D eigenvalue weighted by Crippen LogP contribution is -2.27. The second kappa shape index (κ2) is 5.59. The molecule has 4 nitrogen and oxygen atoms in total. The number of hydrogen-bond acceptors (Lipinski definition) is 4. The minimum Gasteiger partial charge on any atom is -0.338 e. The van der Waals surface area contributed by atoms with Gasteiger partial charge in [0, 0.05) is 6.04 Å². The summed E-state index contributed by atoms with van der Waals surface area (Å²) in [5, 5.41) is 7.12. The summed E-state index contributed by atoms with van der Waals surface area (Å²) in [4.78, 5) is 4.15. The summed E-state index contributed by atoms with van der Waals surface area (Å²) in [6, 6.07) is 10.8. The second-order valence-corrected chi connectivity index (χ2v) is 4.21. The lowest BCUT2D eigenvalue weighted by molar-refractivity contribution is 0.356. The molecule has 1 atom stereocenters. The summed E-state index contributed by atoms with van der Waals surface area (Å²) >= 11 is 0. The number of nitrogens with zero attached hydrogens (tertiary/aromatic N) is 2. The van der Waals surface area contributed by atoms with Crippen molar-refractivity contribution >= 4 is 0 Å². The molecular formula is C13H17N3O. The van der Waals surface area contributed by atoms with E-state index in [1.165, 1.54) is 5.56 Å². The maximum Gasteiger partial charge on any atom is 0.240 e. The first kappa shape index (κ1) is 11.8. The molecule has 17 heavy (non-hydrogen) atoms. The fourth-order valence-electron chi connectivity index (χ4n) is 1.71. The number of benzene rings is 1. The number of nitrogens with one attached hydrogen (secondary N) is 1. The van der Waals surface area contributed by atoms with Gasteiger partial charge < -0.3 is 9.84 Å². The summed E-state index contributed by atoms with van der Waals surface area (Å²) in [7, 11) is 0. The van der Waals surface area contributed by atoms with Gasteiger partial charge in [-0.05, 0) is 25.8 Å². The van der Waals surface area contributed by atoms with Crippen LogP contribution in [0.2, 0.25) is 0 Å². The maximum absolute atomic E-state index is 5.04. The fraction of sp³-hybridized carbons (Fsp3) is 0.385. The van der Waals surface area contributed by atoms with Crippen molar-refractivity contribution in [2.75, 3.05) is 0 Å². The summed E-state index contributed by atoms with van der Waals surface area (Å²) < 4.78 is 5.04. The quantitative estimate of drug-likeness (QED) is 0.856. The topological polar surface area (TPSA) is 51.0 Å². The molecule has 0 aliphatic rings. The molecule has 4 heteroatoms. The van der Waals surface area contributed by atoms with Gasteiger partial charge in [0.15, 0.2) is 5.82 Å². The molecule has 0 saturated heterocycles. The first-order chi connectivity index (χ1) is 8.24. The first-order valence-corrected chi connectivity index (χ1v) is 5.80. The van der Waals surface area contributed by atoms with Crippen molar-refractivity contribution in [3.8, 4) is 0 Å². The number of rotatable bonds is 5. The zero-order valence-electron chi connectivity index (χ0n) is 10.2. The van der Waals surface area contributed by atoms with Crippen molar-refractivity contribution in [1.29, 1.82) is 0 Å². The zero-order valence-corrected chi connectivity index (χ0v) is 10.2. The van der Waals surface area contributed by atoms with Gasteiger partial charge in [0.25, 0.3) is 0 Å². The van der Waals surface area contributed by atoms with Crippen LogP contribution in [0.25, 0.3) is 0 Å². The van der Waals surface area contributed by atoms with Crippen LogP contribution >= 0.6 is 0 Å². The maximum atomic E-state index is 5.04. The normalized spacial score (nSPS) is 12.6. The highest BCUT2D eigenvalue weighted by Gasteiger charge is 2.06. The van der Waals surface area contributed by atoms with E-state index in [2.05, 4.69) is 46.6 Å². The molecule has 1 heterocycles. The highest BCUT2D eigenvalue weighted by molar-refractivity contribution is 5.15. The Hall–Kier alpha value is -1.68. The Morgan fingerprint density at radius 2 is 2.06 bits per heavy atom. The van der Waals surface area contributed by atoms with Crippen LogP contribution in [0.1, 0.15) is 24.2 Å². The largest absolute Gasteiger partial charge is 0.338 e. The SMILES string of the molecule is Cc1noc(CNC(C)Cc2ccccc2)n1. The van der Waals surface area contributed by atoms with Crippen molar-refractivity contribution in [2.24, 2.45) is 0 Å². The van der Waals surface area contributed by atoms with Crippen LogP contribution < -0.4 is 5.32 Å². The van der Waals surface area contributed by atoms with E-state index in [1.807, 2.05) is 13.0 Å². The molecule has 2 aromatic rings. The predicted molar refractivity (Wildman–Crippen MR) is 65.5 cm³/mol. The fourth-order valence-corrected chi connectivity index (χ4v) is 1.71. The predicted octanol–water partition coefficient (Wildman–Crippen LogP) is 2.10. The molecule has 1 N–H and O–H groups in total. The van der Waals surface area contributed by atoms with Gasteiger partial charge in [-0.2, -0.15) is 4.98 Å². The zero-order chi connectivity index (χ0) is 12.1. The van der Waals surface area contributed by atoms with Crippen LogP contribution in [0.5, 0.6) is 0 Å². The highest BCUT2D eigenvalue weighted by Crippen LogP contribution is 2.03. The van der Waals surface area contributed by atoms with Crippen LogP contribution in [0, 0.1) is 6.92 Å². The van der Waals surface area contributed by atoms with Crippen LogP contribution in [0.15, 0.2) is 34.9 Å². The summed E-state index contributed by atoms with van der Waals surface area (Å²) in [5.41, 5.74) is 1.33. The van der Waals surface area contributed by atoms with E-state index in [0.29, 0.717) is 24.3 Å². The Balaban J connectivity index is 1.80. The van der Waals surface area contributed by atoms with Crippen molar-refractivity contribution in [1.82, 2.24) is 15.5 Å². The third-order valence-electron chi connectivity index (χ3n) is 2.56.